The number of nitrogens with zero attached hydrogens (tertiary/aromatic N) is 4. The fourth-order valence-electron chi connectivity index (χ4n) is 2.73. The van der Waals surface area contributed by atoms with Gasteiger partial charge < -0.3 is 5.73 Å². The number of nitriles is 2. The molecule has 0 unspecified atom stereocenters. The number of aryl methyl sites for hydroxylation is 2. The van der Waals surface area contributed by atoms with Gasteiger partial charge in [-0.1, -0.05) is 18.2 Å². The van der Waals surface area contributed by atoms with Crippen LogP contribution in [0.3, 0.4) is 0 Å². The molecule has 0 spiro atoms. The van der Waals surface area contributed by atoms with E-state index in [0.717, 1.165) is 18.4 Å². The van der Waals surface area contributed by atoms with E-state index in [-0.39, 0.29) is 17.3 Å². The average Bonchev–Trinajstić information content (AvgIpc) is 3.03. The third-order valence-corrected chi connectivity index (χ3v) is 3.71. The molecule has 1 aliphatic carbocycles. The number of benzene rings is 1. The predicted octanol–water partition coefficient (Wildman–Crippen LogP) is 1.75. The molecule has 20 heavy (non-hydrogen) atoms. The summed E-state index contributed by atoms with van der Waals surface area (Å²) in [6.07, 6.45) is 3.45. The van der Waals surface area contributed by atoms with Crippen molar-refractivity contribution in [3.8, 4) is 12.1 Å². The number of anilines is 1. The van der Waals surface area contributed by atoms with Crippen molar-refractivity contribution in [2.45, 2.75) is 25.8 Å². The number of hydrogen-bond acceptors (Lipinski definition) is 4. The number of nitrogen functional groups attached to an aromatic ring is 1. The van der Waals surface area contributed by atoms with Gasteiger partial charge >= 0.3 is 0 Å². The number of aromatic nitrogens is 2. The Balaban J connectivity index is 1.98. The van der Waals surface area contributed by atoms with Crippen LogP contribution >= 0.6 is 0 Å². The van der Waals surface area contributed by atoms with Gasteiger partial charge in [-0.3, -0.25) is 4.57 Å². The lowest BCUT2D eigenvalue weighted by molar-refractivity contribution is 0.797. The third-order valence-electron chi connectivity index (χ3n) is 3.71. The van der Waals surface area contributed by atoms with Crippen LogP contribution in [0.25, 0.3) is 0 Å². The van der Waals surface area contributed by atoms with Crippen LogP contribution < -0.4 is 5.73 Å². The van der Waals surface area contributed by atoms with Crippen LogP contribution in [0.1, 0.15) is 34.5 Å². The highest BCUT2D eigenvalue weighted by molar-refractivity contribution is 5.45. The standard InChI is InChI=1S/C15H13N5/c16-7-13-14(8-17)20(15(18)19-13)9-10-4-5-11-2-1-3-12(11)6-10/h4-6H,1-3,9H2,(H2,18,19). The number of rotatable bonds is 2. The Morgan fingerprint density at radius 1 is 1.20 bits per heavy atom. The van der Waals surface area contributed by atoms with Crippen molar-refractivity contribution in [2.75, 3.05) is 5.73 Å². The molecule has 98 valence electrons. The fraction of sp³-hybridized carbons (Fsp3) is 0.267. The number of hydrogen-bond donors (Lipinski definition) is 1. The smallest absolute Gasteiger partial charge is 0.202 e. The van der Waals surface area contributed by atoms with Gasteiger partial charge in [0.25, 0.3) is 0 Å². The Morgan fingerprint density at radius 2 is 2.00 bits per heavy atom. The largest absolute Gasteiger partial charge is 0.369 e. The van der Waals surface area contributed by atoms with Crippen LogP contribution in [0.4, 0.5) is 5.95 Å². The van der Waals surface area contributed by atoms with E-state index in [1.165, 1.54) is 17.5 Å². The molecular weight excluding hydrogens is 250 g/mol. The summed E-state index contributed by atoms with van der Waals surface area (Å²) in [5, 5.41) is 18.1. The highest BCUT2D eigenvalue weighted by atomic mass is 15.2. The summed E-state index contributed by atoms with van der Waals surface area (Å²) in [5.41, 5.74) is 9.98. The van der Waals surface area contributed by atoms with Crippen LogP contribution in [0.2, 0.25) is 0 Å². The Bertz CT molecular complexity index is 758. The highest BCUT2D eigenvalue weighted by Crippen LogP contribution is 2.24. The van der Waals surface area contributed by atoms with Gasteiger partial charge in [-0.15, -0.1) is 0 Å². The van der Waals surface area contributed by atoms with Crippen molar-refractivity contribution < 1.29 is 0 Å². The van der Waals surface area contributed by atoms with Crippen molar-refractivity contribution >= 4 is 5.95 Å². The van der Waals surface area contributed by atoms with Crippen LogP contribution in [-0.4, -0.2) is 9.55 Å². The van der Waals surface area contributed by atoms with Gasteiger partial charge in [-0.25, -0.2) is 4.98 Å². The first-order valence-electron chi connectivity index (χ1n) is 6.50. The molecule has 2 N–H and O–H groups in total. The lowest BCUT2D eigenvalue weighted by Crippen LogP contribution is -2.07. The Hall–Kier alpha value is -2.79. The quantitative estimate of drug-likeness (QED) is 0.893. The molecule has 0 radical (unpaired) electrons. The van der Waals surface area contributed by atoms with Gasteiger partial charge in [0, 0.05) is 0 Å². The molecule has 5 heteroatoms. The van der Waals surface area contributed by atoms with Gasteiger partial charge in [0.1, 0.15) is 12.1 Å². The molecule has 5 nitrogen and oxygen atoms in total. The molecule has 1 aliphatic rings. The molecule has 0 aliphatic heterocycles. The minimum Gasteiger partial charge on any atom is -0.369 e. The molecule has 0 bridgehead atoms. The van der Waals surface area contributed by atoms with Crippen LogP contribution in [-0.2, 0) is 19.4 Å². The van der Waals surface area contributed by atoms with E-state index in [9.17, 15) is 0 Å². The van der Waals surface area contributed by atoms with E-state index in [2.05, 4.69) is 23.2 Å². The summed E-state index contributed by atoms with van der Waals surface area (Å²) >= 11 is 0. The molecule has 1 heterocycles. The summed E-state index contributed by atoms with van der Waals surface area (Å²) in [4.78, 5) is 3.93. The topological polar surface area (TPSA) is 91.4 Å². The minimum atomic E-state index is 0.0890. The normalized spacial score (nSPS) is 12.7. The summed E-state index contributed by atoms with van der Waals surface area (Å²) in [7, 11) is 0. The molecule has 1 aromatic heterocycles. The van der Waals surface area contributed by atoms with Crippen LogP contribution in [0, 0.1) is 22.7 Å². The van der Waals surface area contributed by atoms with E-state index >= 15 is 0 Å². The SMILES string of the molecule is N#Cc1nc(N)n(Cc2ccc3c(c2)CCC3)c1C#N. The fourth-order valence-corrected chi connectivity index (χ4v) is 2.73. The maximum atomic E-state index is 9.16. The molecule has 0 fully saturated rings. The third kappa shape index (κ3) is 1.90. The second kappa shape index (κ2) is 4.71. The molecule has 1 aromatic carbocycles. The van der Waals surface area contributed by atoms with Gasteiger partial charge in [-0.05, 0) is 36.0 Å². The van der Waals surface area contributed by atoms with Crippen LogP contribution in [0.15, 0.2) is 18.2 Å². The minimum absolute atomic E-state index is 0.0890. The Labute approximate surface area is 116 Å². The van der Waals surface area contributed by atoms with Gasteiger partial charge in [0.15, 0.2) is 11.4 Å². The monoisotopic (exact) mass is 263 g/mol. The van der Waals surface area contributed by atoms with Crippen LogP contribution in [0.5, 0.6) is 0 Å². The number of imidazole rings is 1. The van der Waals surface area contributed by atoms with E-state index < -0.39 is 0 Å². The van der Waals surface area contributed by atoms with Crippen molar-refractivity contribution in [1.29, 1.82) is 10.5 Å². The molecule has 0 amide bonds. The summed E-state index contributed by atoms with van der Waals surface area (Å²) in [6, 6.07) is 10.3. The van der Waals surface area contributed by atoms with Crippen molar-refractivity contribution in [3.05, 3.63) is 46.3 Å². The summed E-state index contributed by atoms with van der Waals surface area (Å²) in [6.45, 7) is 0.469. The van der Waals surface area contributed by atoms with Crippen molar-refractivity contribution in [2.24, 2.45) is 0 Å². The van der Waals surface area contributed by atoms with Gasteiger partial charge in [0.05, 0.1) is 6.54 Å². The molecule has 0 atom stereocenters. The number of nitrogens with two attached hydrogens (primary N) is 1. The molecule has 3 rings (SSSR count). The molecule has 2 aromatic rings. The second-order valence-corrected chi connectivity index (χ2v) is 4.93. The second-order valence-electron chi connectivity index (χ2n) is 4.93. The number of fused-ring (bicyclic) bond motifs is 1. The average molecular weight is 263 g/mol. The van der Waals surface area contributed by atoms with Gasteiger partial charge in [-0.2, -0.15) is 10.5 Å². The highest BCUT2D eigenvalue weighted by Gasteiger charge is 2.16. The zero-order valence-corrected chi connectivity index (χ0v) is 10.9. The Kier molecular flexibility index (Phi) is 2.89. The zero-order valence-electron chi connectivity index (χ0n) is 10.9. The maximum absolute atomic E-state index is 9.16. The lowest BCUT2D eigenvalue weighted by Gasteiger charge is -2.08. The summed E-state index contributed by atoms with van der Waals surface area (Å²) in [5.74, 6) is 0.207. The van der Waals surface area contributed by atoms with Crippen molar-refractivity contribution in [3.63, 3.8) is 0 Å². The van der Waals surface area contributed by atoms with Gasteiger partial charge in [0.2, 0.25) is 5.95 Å². The van der Waals surface area contributed by atoms with E-state index in [4.69, 9.17) is 16.3 Å². The van der Waals surface area contributed by atoms with E-state index in [1.807, 2.05) is 12.1 Å². The predicted molar refractivity (Wildman–Crippen MR) is 73.6 cm³/mol. The maximum Gasteiger partial charge on any atom is 0.202 e. The van der Waals surface area contributed by atoms with E-state index in [1.54, 1.807) is 4.57 Å². The summed E-state index contributed by atoms with van der Waals surface area (Å²) < 4.78 is 1.59. The van der Waals surface area contributed by atoms with Crippen molar-refractivity contribution in [1.82, 2.24) is 9.55 Å². The molecule has 0 saturated carbocycles. The van der Waals surface area contributed by atoms with E-state index in [0.29, 0.717) is 6.54 Å². The first-order chi connectivity index (χ1) is 9.72. The first-order valence-corrected chi connectivity index (χ1v) is 6.50. The Morgan fingerprint density at radius 3 is 2.75 bits per heavy atom. The lowest BCUT2D eigenvalue weighted by atomic mass is 10.1. The first kappa shape index (κ1) is 12.3. The molecule has 0 saturated heterocycles. The molecular formula is C15H13N5. The zero-order chi connectivity index (χ0) is 14.1.